The number of hydrogen-bond acceptors (Lipinski definition) is 4. The summed E-state index contributed by atoms with van der Waals surface area (Å²) in [5, 5.41) is 0. The van der Waals surface area contributed by atoms with Crippen molar-refractivity contribution >= 4 is 27.5 Å². The van der Waals surface area contributed by atoms with Crippen LogP contribution in [0.4, 0.5) is 5.69 Å². The molecule has 0 unspecified atom stereocenters. The second kappa shape index (κ2) is 6.09. The van der Waals surface area contributed by atoms with Crippen molar-refractivity contribution in [3.63, 3.8) is 0 Å². The van der Waals surface area contributed by atoms with E-state index in [1.165, 1.54) is 36.2 Å². The molecule has 0 aliphatic heterocycles. The summed E-state index contributed by atoms with van der Waals surface area (Å²) >= 11 is 1.47. The quantitative estimate of drug-likeness (QED) is 0.879. The zero-order valence-electron chi connectivity index (χ0n) is 12.2. The minimum atomic E-state index is -3.45. The number of hydrogen-bond donors (Lipinski definition) is 1. The summed E-state index contributed by atoms with van der Waals surface area (Å²) in [5.74, 6) is 0. The monoisotopic (exact) mass is 322 g/mol. The second-order valence-corrected chi connectivity index (χ2v) is 8.09. The molecule has 4 nitrogen and oxygen atoms in total. The lowest BCUT2D eigenvalue weighted by molar-refractivity contribution is 0.520. The molecule has 2 aromatic carbocycles. The lowest BCUT2D eigenvalue weighted by Crippen LogP contribution is -2.22. The molecule has 0 aliphatic rings. The highest BCUT2D eigenvalue weighted by molar-refractivity contribution is 7.99. The van der Waals surface area contributed by atoms with Gasteiger partial charge in [-0.25, -0.2) is 12.7 Å². The number of nitrogen functional groups attached to an aromatic ring is 1. The van der Waals surface area contributed by atoms with Gasteiger partial charge < -0.3 is 5.73 Å². The van der Waals surface area contributed by atoms with Gasteiger partial charge in [0.15, 0.2) is 0 Å². The molecule has 0 aromatic heterocycles. The molecular weight excluding hydrogens is 304 g/mol. The number of sulfonamides is 1. The maximum Gasteiger partial charge on any atom is 0.242 e. The summed E-state index contributed by atoms with van der Waals surface area (Å²) in [7, 11) is -0.427. The highest BCUT2D eigenvalue weighted by Gasteiger charge is 2.18. The molecule has 2 rings (SSSR count). The van der Waals surface area contributed by atoms with Crippen LogP contribution in [-0.2, 0) is 10.0 Å². The van der Waals surface area contributed by atoms with Gasteiger partial charge in [-0.15, -0.1) is 0 Å². The van der Waals surface area contributed by atoms with Crippen LogP contribution in [-0.4, -0.2) is 26.8 Å². The third kappa shape index (κ3) is 3.40. The van der Waals surface area contributed by atoms with Crippen LogP contribution < -0.4 is 5.73 Å². The van der Waals surface area contributed by atoms with Crippen LogP contribution in [0.5, 0.6) is 0 Å². The first kappa shape index (κ1) is 15.9. The Morgan fingerprint density at radius 3 is 2.33 bits per heavy atom. The predicted molar refractivity (Wildman–Crippen MR) is 87.0 cm³/mol. The van der Waals surface area contributed by atoms with E-state index in [0.29, 0.717) is 5.69 Å². The zero-order valence-corrected chi connectivity index (χ0v) is 13.8. The highest BCUT2D eigenvalue weighted by atomic mass is 32.2. The minimum Gasteiger partial charge on any atom is -0.398 e. The number of benzene rings is 2. The van der Waals surface area contributed by atoms with Gasteiger partial charge in [-0.2, -0.15) is 0 Å². The Labute approximate surface area is 130 Å². The van der Waals surface area contributed by atoms with Gasteiger partial charge in [-0.3, -0.25) is 0 Å². The SMILES string of the molecule is Cc1ccccc1Sc1cc(S(=O)(=O)N(C)C)ccc1N. The zero-order chi connectivity index (χ0) is 15.6. The Morgan fingerprint density at radius 1 is 1.05 bits per heavy atom. The van der Waals surface area contributed by atoms with E-state index in [0.717, 1.165) is 15.4 Å². The fourth-order valence-electron chi connectivity index (χ4n) is 1.76. The molecule has 0 fully saturated rings. The first-order chi connectivity index (χ1) is 9.82. The summed E-state index contributed by atoms with van der Waals surface area (Å²) in [6, 6.07) is 12.7. The lowest BCUT2D eigenvalue weighted by Gasteiger charge is -2.14. The van der Waals surface area contributed by atoms with Gasteiger partial charge in [0, 0.05) is 29.6 Å². The summed E-state index contributed by atoms with van der Waals surface area (Å²) in [5.41, 5.74) is 7.68. The number of anilines is 1. The van der Waals surface area contributed by atoms with E-state index in [1.54, 1.807) is 12.1 Å². The molecule has 0 saturated heterocycles. The maximum atomic E-state index is 12.2. The first-order valence-corrected chi connectivity index (χ1v) is 8.63. The highest BCUT2D eigenvalue weighted by Crippen LogP contribution is 2.35. The van der Waals surface area contributed by atoms with Crippen LogP contribution in [0.15, 0.2) is 57.2 Å². The average molecular weight is 322 g/mol. The third-order valence-corrected chi connectivity index (χ3v) is 6.14. The topological polar surface area (TPSA) is 63.4 Å². The van der Waals surface area contributed by atoms with Crippen LogP contribution in [0, 0.1) is 6.92 Å². The predicted octanol–water partition coefficient (Wildman–Crippen LogP) is 2.98. The molecule has 6 heteroatoms. The van der Waals surface area contributed by atoms with E-state index in [4.69, 9.17) is 5.73 Å². The van der Waals surface area contributed by atoms with Crippen molar-refractivity contribution in [2.75, 3.05) is 19.8 Å². The van der Waals surface area contributed by atoms with E-state index < -0.39 is 10.0 Å². The summed E-state index contributed by atoms with van der Waals surface area (Å²) in [6.45, 7) is 2.01. The van der Waals surface area contributed by atoms with Crippen molar-refractivity contribution in [3.8, 4) is 0 Å². The fourth-order valence-corrected chi connectivity index (χ4v) is 3.75. The fraction of sp³-hybridized carbons (Fsp3) is 0.200. The van der Waals surface area contributed by atoms with Crippen molar-refractivity contribution in [3.05, 3.63) is 48.0 Å². The lowest BCUT2D eigenvalue weighted by atomic mass is 10.2. The Balaban J connectivity index is 2.44. The van der Waals surface area contributed by atoms with Crippen LogP contribution in [0.1, 0.15) is 5.56 Å². The van der Waals surface area contributed by atoms with Crippen LogP contribution >= 0.6 is 11.8 Å². The average Bonchev–Trinajstić information content (AvgIpc) is 2.43. The summed E-state index contributed by atoms with van der Waals surface area (Å²) in [4.78, 5) is 2.05. The van der Waals surface area contributed by atoms with Gasteiger partial charge in [-0.1, -0.05) is 30.0 Å². The van der Waals surface area contributed by atoms with Gasteiger partial charge in [-0.05, 0) is 36.8 Å². The summed E-state index contributed by atoms with van der Waals surface area (Å²) < 4.78 is 25.6. The summed E-state index contributed by atoms with van der Waals surface area (Å²) in [6.07, 6.45) is 0. The Bertz CT molecular complexity index is 756. The van der Waals surface area contributed by atoms with E-state index in [-0.39, 0.29) is 4.90 Å². The van der Waals surface area contributed by atoms with Crippen LogP contribution in [0.2, 0.25) is 0 Å². The molecule has 112 valence electrons. The van der Waals surface area contributed by atoms with Gasteiger partial charge in [0.2, 0.25) is 10.0 Å². The number of nitrogens with zero attached hydrogens (tertiary/aromatic N) is 1. The Hall–Kier alpha value is -1.50. The number of aryl methyl sites for hydroxylation is 1. The molecule has 0 spiro atoms. The van der Waals surface area contributed by atoms with Gasteiger partial charge in [0.05, 0.1) is 4.90 Å². The van der Waals surface area contributed by atoms with E-state index >= 15 is 0 Å². The van der Waals surface area contributed by atoms with Crippen LogP contribution in [0.3, 0.4) is 0 Å². The molecule has 0 atom stereocenters. The Morgan fingerprint density at radius 2 is 1.71 bits per heavy atom. The molecule has 0 amide bonds. The van der Waals surface area contributed by atoms with Crippen molar-refractivity contribution in [2.45, 2.75) is 21.6 Å². The molecule has 0 bridgehead atoms. The third-order valence-electron chi connectivity index (χ3n) is 3.08. The smallest absolute Gasteiger partial charge is 0.242 e. The van der Waals surface area contributed by atoms with Gasteiger partial charge in [0.25, 0.3) is 0 Å². The van der Waals surface area contributed by atoms with E-state index in [2.05, 4.69) is 0 Å². The molecule has 21 heavy (non-hydrogen) atoms. The van der Waals surface area contributed by atoms with Crippen LogP contribution in [0.25, 0.3) is 0 Å². The number of rotatable bonds is 4. The van der Waals surface area contributed by atoms with Crippen molar-refractivity contribution in [1.82, 2.24) is 4.31 Å². The van der Waals surface area contributed by atoms with E-state index in [1.807, 2.05) is 31.2 Å². The molecule has 0 radical (unpaired) electrons. The number of nitrogens with two attached hydrogens (primary N) is 1. The van der Waals surface area contributed by atoms with Gasteiger partial charge >= 0.3 is 0 Å². The molecule has 0 aliphatic carbocycles. The second-order valence-electron chi connectivity index (χ2n) is 4.85. The molecular formula is C15H18N2O2S2. The van der Waals surface area contributed by atoms with Crippen molar-refractivity contribution in [2.24, 2.45) is 0 Å². The van der Waals surface area contributed by atoms with Crippen molar-refractivity contribution in [1.29, 1.82) is 0 Å². The largest absolute Gasteiger partial charge is 0.398 e. The molecule has 2 aromatic rings. The molecule has 0 heterocycles. The normalized spacial score (nSPS) is 11.8. The molecule has 2 N–H and O–H groups in total. The standard InChI is InChI=1S/C15H18N2O2S2/c1-11-6-4-5-7-14(11)20-15-10-12(8-9-13(15)16)21(18,19)17(2)3/h4-10H,16H2,1-3H3. The van der Waals surface area contributed by atoms with Gasteiger partial charge in [0.1, 0.15) is 0 Å². The van der Waals surface area contributed by atoms with E-state index in [9.17, 15) is 8.42 Å². The Kier molecular flexibility index (Phi) is 4.61. The minimum absolute atomic E-state index is 0.248. The molecule has 0 saturated carbocycles. The maximum absolute atomic E-state index is 12.2. The van der Waals surface area contributed by atoms with Crippen molar-refractivity contribution < 1.29 is 8.42 Å². The first-order valence-electron chi connectivity index (χ1n) is 6.38.